The molecule has 1 aliphatic rings. The predicted octanol–water partition coefficient (Wildman–Crippen LogP) is 2.49. The Bertz CT molecular complexity index is 423. The van der Waals surface area contributed by atoms with Crippen molar-refractivity contribution in [1.29, 1.82) is 0 Å². The average Bonchev–Trinajstić information content (AvgIpc) is 2.39. The maximum atomic E-state index is 12.4. The molecule has 1 fully saturated rings. The molecule has 0 bridgehead atoms. The van der Waals surface area contributed by atoms with Crippen molar-refractivity contribution in [3.8, 4) is 0 Å². The van der Waals surface area contributed by atoms with Gasteiger partial charge in [-0.15, -0.1) is 0 Å². The third-order valence-corrected chi connectivity index (χ3v) is 3.69. The van der Waals surface area contributed by atoms with Crippen LogP contribution >= 0.6 is 15.9 Å². The van der Waals surface area contributed by atoms with E-state index in [9.17, 15) is 4.79 Å². The summed E-state index contributed by atoms with van der Waals surface area (Å²) in [5.74, 6) is 0.0272. The van der Waals surface area contributed by atoms with Crippen LogP contribution in [-0.2, 0) is 4.74 Å². The molecule has 98 valence electrons. The molecule has 1 saturated heterocycles. The SMILES string of the molecule is CCOC1CCCN(C(=O)c2cccnc2Br)C1. The van der Waals surface area contributed by atoms with Crippen LogP contribution in [0.3, 0.4) is 0 Å². The molecule has 4 nitrogen and oxygen atoms in total. The number of carbonyl (C=O) groups is 1. The van der Waals surface area contributed by atoms with Crippen LogP contribution in [0.5, 0.6) is 0 Å². The van der Waals surface area contributed by atoms with Crippen LogP contribution in [-0.4, -0.2) is 41.6 Å². The second kappa shape index (κ2) is 6.29. The van der Waals surface area contributed by atoms with Gasteiger partial charge >= 0.3 is 0 Å². The van der Waals surface area contributed by atoms with E-state index in [2.05, 4.69) is 20.9 Å². The van der Waals surface area contributed by atoms with Gasteiger partial charge < -0.3 is 9.64 Å². The van der Waals surface area contributed by atoms with E-state index in [0.29, 0.717) is 23.3 Å². The number of amides is 1. The predicted molar refractivity (Wildman–Crippen MR) is 72.5 cm³/mol. The number of rotatable bonds is 3. The lowest BCUT2D eigenvalue weighted by atomic mass is 10.1. The summed E-state index contributed by atoms with van der Waals surface area (Å²) in [6.07, 6.45) is 3.86. The third-order valence-electron chi connectivity index (χ3n) is 3.06. The highest BCUT2D eigenvalue weighted by molar-refractivity contribution is 9.10. The van der Waals surface area contributed by atoms with Gasteiger partial charge in [0.25, 0.3) is 5.91 Å². The number of likely N-dealkylation sites (tertiary alicyclic amines) is 1. The molecule has 1 amide bonds. The first-order valence-corrected chi connectivity index (χ1v) is 7.03. The summed E-state index contributed by atoms with van der Waals surface area (Å²) in [6, 6.07) is 3.58. The van der Waals surface area contributed by atoms with Crippen LogP contribution in [0.1, 0.15) is 30.1 Å². The Morgan fingerprint density at radius 1 is 1.67 bits per heavy atom. The molecular formula is C13H17BrN2O2. The minimum atomic E-state index is 0.0272. The Morgan fingerprint density at radius 2 is 2.50 bits per heavy atom. The van der Waals surface area contributed by atoms with E-state index in [1.165, 1.54) is 0 Å². The number of hydrogen-bond donors (Lipinski definition) is 0. The lowest BCUT2D eigenvalue weighted by Crippen LogP contribution is -2.43. The average molecular weight is 313 g/mol. The molecule has 1 unspecified atom stereocenters. The number of pyridine rings is 1. The lowest BCUT2D eigenvalue weighted by Gasteiger charge is -2.32. The van der Waals surface area contributed by atoms with Crippen molar-refractivity contribution in [2.75, 3.05) is 19.7 Å². The summed E-state index contributed by atoms with van der Waals surface area (Å²) >= 11 is 3.32. The number of ether oxygens (including phenoxy) is 1. The fourth-order valence-electron chi connectivity index (χ4n) is 2.21. The van der Waals surface area contributed by atoms with Gasteiger partial charge in [0.2, 0.25) is 0 Å². The molecule has 0 aromatic carbocycles. The van der Waals surface area contributed by atoms with Crippen molar-refractivity contribution in [2.24, 2.45) is 0 Å². The van der Waals surface area contributed by atoms with Crippen LogP contribution in [0.25, 0.3) is 0 Å². The zero-order chi connectivity index (χ0) is 13.0. The Labute approximate surface area is 115 Å². The summed E-state index contributed by atoms with van der Waals surface area (Å²) in [7, 11) is 0. The second-order valence-corrected chi connectivity index (χ2v) is 5.06. The molecule has 1 aliphatic heterocycles. The summed E-state index contributed by atoms with van der Waals surface area (Å²) in [4.78, 5) is 18.3. The van der Waals surface area contributed by atoms with E-state index in [-0.39, 0.29) is 12.0 Å². The molecule has 2 heterocycles. The van der Waals surface area contributed by atoms with Crippen LogP contribution in [0, 0.1) is 0 Å². The maximum Gasteiger partial charge on any atom is 0.256 e. The van der Waals surface area contributed by atoms with Crippen molar-refractivity contribution in [3.05, 3.63) is 28.5 Å². The topological polar surface area (TPSA) is 42.4 Å². The van der Waals surface area contributed by atoms with Crippen molar-refractivity contribution >= 4 is 21.8 Å². The molecule has 0 spiro atoms. The van der Waals surface area contributed by atoms with Crippen LogP contribution < -0.4 is 0 Å². The normalized spacial score (nSPS) is 19.9. The Morgan fingerprint density at radius 3 is 3.22 bits per heavy atom. The van der Waals surface area contributed by atoms with E-state index >= 15 is 0 Å². The van der Waals surface area contributed by atoms with Gasteiger partial charge in [-0.25, -0.2) is 4.98 Å². The highest BCUT2D eigenvalue weighted by Gasteiger charge is 2.25. The Balaban J connectivity index is 2.07. The van der Waals surface area contributed by atoms with Gasteiger partial charge in [0.15, 0.2) is 0 Å². The van der Waals surface area contributed by atoms with Gasteiger partial charge in [-0.1, -0.05) is 0 Å². The van der Waals surface area contributed by atoms with Crippen LogP contribution in [0.2, 0.25) is 0 Å². The van der Waals surface area contributed by atoms with Crippen molar-refractivity contribution in [2.45, 2.75) is 25.9 Å². The third kappa shape index (κ3) is 3.09. The van der Waals surface area contributed by atoms with Gasteiger partial charge in [-0.3, -0.25) is 4.79 Å². The lowest BCUT2D eigenvalue weighted by molar-refractivity contribution is 0.00719. The fourth-order valence-corrected chi connectivity index (χ4v) is 2.63. The van der Waals surface area contributed by atoms with Gasteiger partial charge in [-0.05, 0) is 47.8 Å². The van der Waals surface area contributed by atoms with Gasteiger partial charge in [0, 0.05) is 25.9 Å². The smallest absolute Gasteiger partial charge is 0.256 e. The zero-order valence-electron chi connectivity index (χ0n) is 10.4. The number of hydrogen-bond acceptors (Lipinski definition) is 3. The Hall–Kier alpha value is -0.940. The summed E-state index contributed by atoms with van der Waals surface area (Å²) < 4.78 is 6.21. The van der Waals surface area contributed by atoms with E-state index in [0.717, 1.165) is 19.4 Å². The molecular weight excluding hydrogens is 296 g/mol. The highest BCUT2D eigenvalue weighted by Crippen LogP contribution is 2.19. The van der Waals surface area contributed by atoms with Crippen LogP contribution in [0.15, 0.2) is 22.9 Å². The molecule has 1 aromatic heterocycles. The molecule has 1 atom stereocenters. The minimum Gasteiger partial charge on any atom is -0.377 e. The highest BCUT2D eigenvalue weighted by atomic mass is 79.9. The largest absolute Gasteiger partial charge is 0.377 e. The van der Waals surface area contributed by atoms with E-state index < -0.39 is 0 Å². The van der Waals surface area contributed by atoms with E-state index in [4.69, 9.17) is 4.74 Å². The fraction of sp³-hybridized carbons (Fsp3) is 0.538. The number of aromatic nitrogens is 1. The van der Waals surface area contributed by atoms with Crippen molar-refractivity contribution < 1.29 is 9.53 Å². The summed E-state index contributed by atoms with van der Waals surface area (Å²) in [6.45, 7) is 4.15. The first-order chi connectivity index (χ1) is 8.72. The van der Waals surface area contributed by atoms with Crippen molar-refractivity contribution in [3.63, 3.8) is 0 Å². The monoisotopic (exact) mass is 312 g/mol. The molecule has 0 saturated carbocycles. The van der Waals surface area contributed by atoms with Gasteiger partial charge in [0.05, 0.1) is 11.7 Å². The number of piperidine rings is 1. The summed E-state index contributed by atoms with van der Waals surface area (Å²) in [5.41, 5.74) is 0.620. The van der Waals surface area contributed by atoms with Gasteiger partial charge in [-0.2, -0.15) is 0 Å². The van der Waals surface area contributed by atoms with Gasteiger partial charge in [0.1, 0.15) is 4.60 Å². The molecule has 0 aliphatic carbocycles. The Kier molecular flexibility index (Phi) is 4.72. The zero-order valence-corrected chi connectivity index (χ0v) is 12.0. The first kappa shape index (κ1) is 13.5. The number of nitrogens with zero attached hydrogens (tertiary/aromatic N) is 2. The van der Waals surface area contributed by atoms with Crippen LogP contribution in [0.4, 0.5) is 0 Å². The molecule has 0 radical (unpaired) electrons. The minimum absolute atomic E-state index is 0.0272. The molecule has 1 aromatic rings. The summed E-state index contributed by atoms with van der Waals surface area (Å²) in [5, 5.41) is 0. The quantitative estimate of drug-likeness (QED) is 0.805. The molecule has 5 heteroatoms. The standard InChI is InChI=1S/C13H17BrN2O2/c1-2-18-10-5-4-8-16(9-10)13(17)11-6-3-7-15-12(11)14/h3,6-7,10H,2,4-5,8-9H2,1H3. The molecule has 18 heavy (non-hydrogen) atoms. The number of carbonyl (C=O) groups excluding carboxylic acids is 1. The molecule has 2 rings (SSSR count). The second-order valence-electron chi connectivity index (χ2n) is 4.31. The van der Waals surface area contributed by atoms with E-state index in [1.54, 1.807) is 18.3 Å². The maximum absolute atomic E-state index is 12.4. The van der Waals surface area contributed by atoms with Crippen molar-refractivity contribution in [1.82, 2.24) is 9.88 Å². The first-order valence-electron chi connectivity index (χ1n) is 6.23. The molecule has 0 N–H and O–H groups in total. The van der Waals surface area contributed by atoms with E-state index in [1.807, 2.05) is 11.8 Å². The number of halogens is 1.